The predicted molar refractivity (Wildman–Crippen MR) is 138 cm³/mol. The third kappa shape index (κ3) is 5.19. The van der Waals surface area contributed by atoms with Gasteiger partial charge in [-0.3, -0.25) is 14.7 Å². The van der Waals surface area contributed by atoms with Crippen LogP contribution in [0.3, 0.4) is 0 Å². The van der Waals surface area contributed by atoms with Gasteiger partial charge in [0.25, 0.3) is 5.56 Å². The lowest BCUT2D eigenvalue weighted by atomic mass is 10.0. The van der Waals surface area contributed by atoms with Gasteiger partial charge in [0.15, 0.2) is 0 Å². The molecule has 4 heterocycles. The molecule has 3 aromatic heterocycles. The molecule has 0 unspecified atom stereocenters. The van der Waals surface area contributed by atoms with Gasteiger partial charge in [0, 0.05) is 56.6 Å². The van der Waals surface area contributed by atoms with Crippen LogP contribution >= 0.6 is 0 Å². The Hall–Kier alpha value is -4.18. The van der Waals surface area contributed by atoms with E-state index in [1.54, 1.807) is 16.8 Å². The standard InChI is InChI=1S/C27H29N5O5/c1-18-26(19(2)37-29-18)22-15-20-6-7-25(33)32(17-21-5-3-4-8-28-21)23(20)16-24(22)36-14-13-30-9-11-31(12-10-30)27(34)35/h3-8,15-16H,9-14,17H2,1-2H3,(H,34,35). The van der Waals surface area contributed by atoms with Gasteiger partial charge in [-0.2, -0.15) is 0 Å². The molecule has 1 amide bonds. The van der Waals surface area contributed by atoms with Crippen molar-refractivity contribution in [1.82, 2.24) is 24.5 Å². The number of amides is 1. The number of carboxylic acid groups (broad SMARTS) is 1. The maximum Gasteiger partial charge on any atom is 0.407 e. The summed E-state index contributed by atoms with van der Waals surface area (Å²) in [6.07, 6.45) is 0.833. The minimum Gasteiger partial charge on any atom is -0.492 e. The van der Waals surface area contributed by atoms with E-state index < -0.39 is 6.09 Å². The van der Waals surface area contributed by atoms with Crippen LogP contribution in [0, 0.1) is 13.8 Å². The third-order valence-corrected chi connectivity index (χ3v) is 6.75. The summed E-state index contributed by atoms with van der Waals surface area (Å²) in [7, 11) is 0. The lowest BCUT2D eigenvalue weighted by Crippen LogP contribution is -2.49. The maximum atomic E-state index is 12.9. The second kappa shape index (κ2) is 10.4. The molecule has 0 bridgehead atoms. The molecule has 0 atom stereocenters. The molecule has 1 N–H and O–H groups in total. The van der Waals surface area contributed by atoms with Crippen molar-refractivity contribution >= 4 is 17.0 Å². The molecule has 1 aromatic carbocycles. The number of nitrogens with zero attached hydrogens (tertiary/aromatic N) is 5. The summed E-state index contributed by atoms with van der Waals surface area (Å²) >= 11 is 0. The highest BCUT2D eigenvalue weighted by Crippen LogP contribution is 2.37. The summed E-state index contributed by atoms with van der Waals surface area (Å²) in [5.41, 5.74) is 3.89. The molecule has 1 saturated heterocycles. The van der Waals surface area contributed by atoms with Crippen LogP contribution < -0.4 is 10.3 Å². The average Bonchev–Trinajstić information content (AvgIpc) is 3.24. The lowest BCUT2D eigenvalue weighted by molar-refractivity contribution is 0.0986. The number of pyridine rings is 2. The first-order chi connectivity index (χ1) is 17.9. The number of fused-ring (bicyclic) bond motifs is 1. The predicted octanol–water partition coefficient (Wildman–Crippen LogP) is 3.39. The summed E-state index contributed by atoms with van der Waals surface area (Å²) in [5, 5.41) is 14.2. The van der Waals surface area contributed by atoms with Crippen LogP contribution in [-0.4, -0.2) is 75.0 Å². The van der Waals surface area contributed by atoms with Gasteiger partial charge in [-0.15, -0.1) is 0 Å². The fraction of sp³-hybridized carbons (Fsp3) is 0.333. The fourth-order valence-corrected chi connectivity index (χ4v) is 4.77. The first-order valence-electron chi connectivity index (χ1n) is 12.2. The van der Waals surface area contributed by atoms with Crippen LogP contribution in [0.25, 0.3) is 22.0 Å². The molecule has 5 rings (SSSR count). The van der Waals surface area contributed by atoms with Gasteiger partial charge in [-0.25, -0.2) is 4.79 Å². The van der Waals surface area contributed by atoms with Crippen LogP contribution in [-0.2, 0) is 6.54 Å². The monoisotopic (exact) mass is 503 g/mol. The Morgan fingerprint density at radius 1 is 1.11 bits per heavy atom. The molecule has 0 radical (unpaired) electrons. The number of aryl methyl sites for hydroxylation is 2. The number of benzene rings is 1. The maximum absolute atomic E-state index is 12.9. The van der Waals surface area contributed by atoms with Crippen molar-refractivity contribution in [2.75, 3.05) is 39.3 Å². The third-order valence-electron chi connectivity index (χ3n) is 6.75. The number of rotatable bonds is 7. The first-order valence-corrected chi connectivity index (χ1v) is 12.2. The van der Waals surface area contributed by atoms with Gasteiger partial charge >= 0.3 is 6.09 Å². The van der Waals surface area contributed by atoms with Crippen LogP contribution in [0.4, 0.5) is 4.79 Å². The molecule has 0 spiro atoms. The zero-order valence-corrected chi connectivity index (χ0v) is 20.9. The van der Waals surface area contributed by atoms with Crippen molar-refractivity contribution in [3.63, 3.8) is 0 Å². The zero-order chi connectivity index (χ0) is 25.9. The van der Waals surface area contributed by atoms with Crippen LogP contribution in [0.2, 0.25) is 0 Å². The highest BCUT2D eigenvalue weighted by atomic mass is 16.5. The number of hydrogen-bond acceptors (Lipinski definition) is 7. The van der Waals surface area contributed by atoms with Crippen molar-refractivity contribution in [3.05, 3.63) is 76.2 Å². The minimum atomic E-state index is -0.882. The smallest absolute Gasteiger partial charge is 0.407 e. The van der Waals surface area contributed by atoms with E-state index in [4.69, 9.17) is 9.26 Å². The number of hydrogen-bond donors (Lipinski definition) is 1. The van der Waals surface area contributed by atoms with E-state index >= 15 is 0 Å². The van der Waals surface area contributed by atoms with Crippen LogP contribution in [0.5, 0.6) is 5.75 Å². The molecule has 4 aromatic rings. The second-order valence-corrected chi connectivity index (χ2v) is 9.14. The topological polar surface area (TPSA) is 114 Å². The number of aromatic nitrogens is 3. The summed E-state index contributed by atoms with van der Waals surface area (Å²) in [4.78, 5) is 32.1. The van der Waals surface area contributed by atoms with E-state index in [2.05, 4.69) is 15.0 Å². The van der Waals surface area contributed by atoms with Gasteiger partial charge in [0.05, 0.1) is 29.0 Å². The quantitative estimate of drug-likeness (QED) is 0.408. The first kappa shape index (κ1) is 24.5. The molecular weight excluding hydrogens is 474 g/mol. The highest BCUT2D eigenvalue weighted by Gasteiger charge is 2.22. The van der Waals surface area contributed by atoms with Gasteiger partial charge in [-0.1, -0.05) is 11.2 Å². The number of ether oxygens (including phenoxy) is 1. The molecule has 0 saturated carbocycles. The SMILES string of the molecule is Cc1noc(C)c1-c1cc2ccc(=O)n(Cc3ccccn3)c2cc1OCCN1CCN(C(=O)O)CC1. The normalized spacial score (nSPS) is 14.3. The Kier molecular flexibility index (Phi) is 6.91. The molecule has 192 valence electrons. The lowest BCUT2D eigenvalue weighted by Gasteiger charge is -2.32. The Labute approximate surface area is 213 Å². The second-order valence-electron chi connectivity index (χ2n) is 9.14. The van der Waals surface area contributed by atoms with Crippen LogP contribution in [0.15, 0.2) is 58.0 Å². The zero-order valence-electron chi connectivity index (χ0n) is 20.9. The summed E-state index contributed by atoms with van der Waals surface area (Å²) in [5.74, 6) is 1.32. The van der Waals surface area contributed by atoms with Crippen molar-refractivity contribution in [2.24, 2.45) is 0 Å². The van der Waals surface area contributed by atoms with Crippen molar-refractivity contribution < 1.29 is 19.2 Å². The summed E-state index contributed by atoms with van der Waals surface area (Å²) in [6.45, 7) is 7.45. The molecule has 37 heavy (non-hydrogen) atoms. The Morgan fingerprint density at radius 2 is 1.92 bits per heavy atom. The van der Waals surface area contributed by atoms with Crippen molar-refractivity contribution in [1.29, 1.82) is 0 Å². The van der Waals surface area contributed by atoms with E-state index in [-0.39, 0.29) is 5.56 Å². The van der Waals surface area contributed by atoms with Crippen LogP contribution in [0.1, 0.15) is 17.1 Å². The Morgan fingerprint density at radius 3 is 2.59 bits per heavy atom. The van der Waals surface area contributed by atoms with E-state index in [0.29, 0.717) is 57.4 Å². The van der Waals surface area contributed by atoms with Gasteiger partial charge in [0.1, 0.15) is 18.1 Å². The fourth-order valence-electron chi connectivity index (χ4n) is 4.77. The number of carbonyl (C=O) groups is 1. The van der Waals surface area contributed by atoms with Crippen molar-refractivity contribution in [2.45, 2.75) is 20.4 Å². The molecule has 10 nitrogen and oxygen atoms in total. The molecule has 1 aliphatic heterocycles. The Balaban J connectivity index is 1.47. The van der Waals surface area contributed by atoms with E-state index in [9.17, 15) is 14.7 Å². The Bertz CT molecular complexity index is 1450. The largest absolute Gasteiger partial charge is 0.492 e. The summed E-state index contributed by atoms with van der Waals surface area (Å²) < 4.78 is 13.5. The molecule has 1 fully saturated rings. The molecule has 0 aliphatic carbocycles. The minimum absolute atomic E-state index is 0.120. The van der Waals surface area contributed by atoms with Gasteiger partial charge in [-0.05, 0) is 43.5 Å². The van der Waals surface area contributed by atoms with E-state index in [1.807, 2.05) is 50.2 Å². The van der Waals surface area contributed by atoms with E-state index in [0.717, 1.165) is 33.4 Å². The molecule has 1 aliphatic rings. The highest BCUT2D eigenvalue weighted by molar-refractivity contribution is 5.89. The van der Waals surface area contributed by atoms with Gasteiger partial charge < -0.3 is 23.8 Å². The average molecular weight is 504 g/mol. The molecular formula is C27H29N5O5. The van der Waals surface area contributed by atoms with Crippen molar-refractivity contribution in [3.8, 4) is 16.9 Å². The van der Waals surface area contributed by atoms with Gasteiger partial charge in [0.2, 0.25) is 0 Å². The summed E-state index contributed by atoms with van der Waals surface area (Å²) in [6, 6.07) is 12.9. The number of piperazine rings is 1. The van der Waals surface area contributed by atoms with E-state index in [1.165, 1.54) is 4.90 Å². The molecule has 10 heteroatoms.